The summed E-state index contributed by atoms with van der Waals surface area (Å²) in [6.07, 6.45) is 0. The standard InChI is InChI=1S/C21H19N3O/c1-16(23-24-21(25)22-20-10-6-3-7-11-20)17-12-14-19(15-13-17)18-8-4-2-5-9-18/h2-15H,1H3,(H2,22,24,25)/b23-16+. The topological polar surface area (TPSA) is 53.5 Å². The third kappa shape index (κ3) is 4.54. The molecule has 0 bridgehead atoms. The Bertz CT molecular complexity index is 857. The van der Waals surface area contributed by atoms with Gasteiger partial charge >= 0.3 is 6.03 Å². The number of hydrazone groups is 1. The number of hydrogen-bond acceptors (Lipinski definition) is 2. The lowest BCUT2D eigenvalue weighted by atomic mass is 10.0. The Morgan fingerprint density at radius 3 is 1.96 bits per heavy atom. The van der Waals surface area contributed by atoms with Gasteiger partial charge in [0, 0.05) is 5.69 Å². The van der Waals surface area contributed by atoms with Gasteiger partial charge in [0.2, 0.25) is 0 Å². The Kier molecular flexibility index (Phi) is 5.22. The highest BCUT2D eigenvalue weighted by Crippen LogP contribution is 2.19. The van der Waals surface area contributed by atoms with Gasteiger partial charge < -0.3 is 5.32 Å². The normalized spacial score (nSPS) is 11.0. The fourth-order valence-electron chi connectivity index (χ4n) is 2.41. The molecular weight excluding hydrogens is 310 g/mol. The lowest BCUT2D eigenvalue weighted by Gasteiger charge is -2.06. The molecule has 0 heterocycles. The zero-order valence-corrected chi connectivity index (χ0v) is 13.9. The van der Waals surface area contributed by atoms with E-state index in [9.17, 15) is 4.79 Å². The lowest BCUT2D eigenvalue weighted by Crippen LogP contribution is -2.25. The third-order valence-corrected chi connectivity index (χ3v) is 3.77. The smallest absolute Gasteiger partial charge is 0.307 e. The van der Waals surface area contributed by atoms with Crippen LogP contribution in [-0.2, 0) is 0 Å². The second-order valence-electron chi connectivity index (χ2n) is 5.57. The summed E-state index contributed by atoms with van der Waals surface area (Å²) in [6.45, 7) is 1.86. The second-order valence-corrected chi connectivity index (χ2v) is 5.57. The first-order chi connectivity index (χ1) is 12.2. The molecule has 4 heteroatoms. The van der Waals surface area contributed by atoms with Crippen LogP contribution in [-0.4, -0.2) is 11.7 Å². The van der Waals surface area contributed by atoms with E-state index < -0.39 is 0 Å². The first kappa shape index (κ1) is 16.5. The molecule has 0 aliphatic rings. The summed E-state index contributed by atoms with van der Waals surface area (Å²) in [5.41, 5.74) is 7.25. The highest BCUT2D eigenvalue weighted by Gasteiger charge is 2.02. The second kappa shape index (κ2) is 7.93. The molecule has 25 heavy (non-hydrogen) atoms. The van der Waals surface area contributed by atoms with Gasteiger partial charge in [-0.1, -0.05) is 72.8 Å². The molecule has 2 N–H and O–H groups in total. The van der Waals surface area contributed by atoms with E-state index in [1.807, 2.05) is 79.7 Å². The fraction of sp³-hybridized carbons (Fsp3) is 0.0476. The number of para-hydroxylation sites is 1. The average molecular weight is 329 g/mol. The van der Waals surface area contributed by atoms with Crippen molar-refractivity contribution < 1.29 is 4.79 Å². The van der Waals surface area contributed by atoms with E-state index in [0.717, 1.165) is 22.5 Å². The Morgan fingerprint density at radius 1 is 0.760 bits per heavy atom. The fourth-order valence-corrected chi connectivity index (χ4v) is 2.41. The lowest BCUT2D eigenvalue weighted by molar-refractivity contribution is 0.252. The van der Waals surface area contributed by atoms with Crippen LogP contribution in [0.25, 0.3) is 11.1 Å². The Morgan fingerprint density at radius 2 is 1.32 bits per heavy atom. The number of urea groups is 1. The number of nitrogens with one attached hydrogen (secondary N) is 2. The molecule has 124 valence electrons. The zero-order valence-electron chi connectivity index (χ0n) is 13.9. The number of rotatable bonds is 4. The molecule has 0 radical (unpaired) electrons. The molecule has 0 saturated carbocycles. The Labute approximate surface area is 147 Å². The number of hydrogen-bond donors (Lipinski definition) is 2. The van der Waals surface area contributed by atoms with Crippen LogP contribution in [0.15, 0.2) is 90.0 Å². The Hall–Kier alpha value is -3.40. The summed E-state index contributed by atoms with van der Waals surface area (Å²) in [4.78, 5) is 11.9. The van der Waals surface area contributed by atoms with Crippen LogP contribution in [0.3, 0.4) is 0 Å². The number of carbonyl (C=O) groups excluding carboxylic acids is 1. The van der Waals surface area contributed by atoms with Crippen LogP contribution in [0.2, 0.25) is 0 Å². The van der Waals surface area contributed by atoms with Crippen molar-refractivity contribution in [3.05, 3.63) is 90.5 Å². The predicted octanol–water partition coefficient (Wildman–Crippen LogP) is 4.90. The average Bonchev–Trinajstić information content (AvgIpc) is 2.68. The molecule has 0 unspecified atom stereocenters. The van der Waals surface area contributed by atoms with E-state index in [0.29, 0.717) is 0 Å². The van der Waals surface area contributed by atoms with Gasteiger partial charge in [0.25, 0.3) is 0 Å². The van der Waals surface area contributed by atoms with Crippen molar-refractivity contribution in [1.29, 1.82) is 0 Å². The van der Waals surface area contributed by atoms with Gasteiger partial charge in [-0.3, -0.25) is 0 Å². The summed E-state index contributed by atoms with van der Waals surface area (Å²) in [5, 5.41) is 6.87. The van der Waals surface area contributed by atoms with E-state index >= 15 is 0 Å². The largest absolute Gasteiger partial charge is 0.339 e. The third-order valence-electron chi connectivity index (χ3n) is 3.77. The van der Waals surface area contributed by atoms with Crippen LogP contribution in [0.1, 0.15) is 12.5 Å². The van der Waals surface area contributed by atoms with Gasteiger partial charge in [-0.2, -0.15) is 5.10 Å². The van der Waals surface area contributed by atoms with Gasteiger partial charge in [0.05, 0.1) is 5.71 Å². The van der Waals surface area contributed by atoms with E-state index in [2.05, 4.69) is 28.0 Å². The first-order valence-corrected chi connectivity index (χ1v) is 8.04. The van der Waals surface area contributed by atoms with Crippen LogP contribution in [0.4, 0.5) is 10.5 Å². The molecule has 2 amide bonds. The quantitative estimate of drug-likeness (QED) is 0.519. The predicted molar refractivity (Wildman–Crippen MR) is 103 cm³/mol. The highest BCUT2D eigenvalue weighted by molar-refractivity contribution is 6.00. The molecular formula is C21H19N3O. The molecule has 0 saturated heterocycles. The van der Waals surface area contributed by atoms with Crippen molar-refractivity contribution in [2.45, 2.75) is 6.92 Å². The first-order valence-electron chi connectivity index (χ1n) is 8.04. The minimum absolute atomic E-state index is 0.369. The van der Waals surface area contributed by atoms with E-state index in [4.69, 9.17) is 0 Å². The molecule has 0 aliphatic carbocycles. The Balaban J connectivity index is 1.63. The van der Waals surface area contributed by atoms with Crippen LogP contribution < -0.4 is 10.7 Å². The van der Waals surface area contributed by atoms with Gasteiger partial charge in [0.1, 0.15) is 0 Å². The van der Waals surface area contributed by atoms with Crippen molar-refractivity contribution in [2.24, 2.45) is 5.10 Å². The summed E-state index contributed by atoms with van der Waals surface area (Å²) in [7, 11) is 0. The number of amides is 2. The van der Waals surface area contributed by atoms with Gasteiger partial charge in [0.15, 0.2) is 0 Å². The SMILES string of the molecule is C/C(=N\NC(=O)Nc1ccccc1)c1ccc(-c2ccccc2)cc1. The van der Waals surface area contributed by atoms with E-state index in [1.54, 1.807) is 0 Å². The maximum Gasteiger partial charge on any atom is 0.339 e. The molecule has 4 nitrogen and oxygen atoms in total. The van der Waals surface area contributed by atoms with Crippen molar-refractivity contribution in [2.75, 3.05) is 5.32 Å². The molecule has 3 aromatic rings. The van der Waals surface area contributed by atoms with Crippen molar-refractivity contribution in [3.63, 3.8) is 0 Å². The summed E-state index contributed by atoms with van der Waals surface area (Å²) < 4.78 is 0. The van der Waals surface area contributed by atoms with Crippen molar-refractivity contribution in [1.82, 2.24) is 5.43 Å². The zero-order chi connectivity index (χ0) is 17.5. The van der Waals surface area contributed by atoms with Gasteiger partial charge in [-0.05, 0) is 35.7 Å². The van der Waals surface area contributed by atoms with Crippen LogP contribution >= 0.6 is 0 Å². The monoisotopic (exact) mass is 329 g/mol. The van der Waals surface area contributed by atoms with Crippen molar-refractivity contribution in [3.8, 4) is 11.1 Å². The maximum atomic E-state index is 11.9. The molecule has 3 aromatic carbocycles. The highest BCUT2D eigenvalue weighted by atomic mass is 16.2. The molecule has 0 atom stereocenters. The number of nitrogens with zero attached hydrogens (tertiary/aromatic N) is 1. The van der Waals surface area contributed by atoms with E-state index in [1.165, 1.54) is 5.56 Å². The molecule has 0 aliphatic heterocycles. The molecule has 0 aromatic heterocycles. The minimum Gasteiger partial charge on any atom is -0.307 e. The number of benzene rings is 3. The van der Waals surface area contributed by atoms with Crippen LogP contribution in [0.5, 0.6) is 0 Å². The summed E-state index contributed by atoms with van der Waals surface area (Å²) in [5.74, 6) is 0. The van der Waals surface area contributed by atoms with Gasteiger partial charge in [-0.15, -0.1) is 0 Å². The summed E-state index contributed by atoms with van der Waals surface area (Å²) >= 11 is 0. The van der Waals surface area contributed by atoms with E-state index in [-0.39, 0.29) is 6.03 Å². The number of carbonyl (C=O) groups is 1. The van der Waals surface area contributed by atoms with Crippen molar-refractivity contribution >= 4 is 17.4 Å². The minimum atomic E-state index is -0.369. The molecule has 3 rings (SSSR count). The van der Waals surface area contributed by atoms with Crippen LogP contribution in [0, 0.1) is 0 Å². The number of anilines is 1. The van der Waals surface area contributed by atoms with Gasteiger partial charge in [-0.25, -0.2) is 10.2 Å². The summed E-state index contributed by atoms with van der Waals surface area (Å²) in [6, 6.07) is 27.2. The molecule has 0 spiro atoms. The maximum absolute atomic E-state index is 11.9. The molecule has 0 fully saturated rings.